The Morgan fingerprint density at radius 3 is 2.21 bits per heavy atom. The molecule has 0 unspecified atom stereocenters. The lowest BCUT2D eigenvalue weighted by atomic mass is 9.81. The molecule has 7 nitrogen and oxygen atoms in total. The van der Waals surface area contributed by atoms with Crippen molar-refractivity contribution in [1.29, 1.82) is 0 Å². The second-order valence-electron chi connectivity index (χ2n) is 8.18. The number of aryl methyl sites for hydroxylation is 1. The van der Waals surface area contributed by atoms with Gasteiger partial charge >= 0.3 is 0 Å². The van der Waals surface area contributed by atoms with E-state index in [1.165, 1.54) is 0 Å². The highest BCUT2D eigenvalue weighted by Gasteiger charge is 2.41. The maximum absolute atomic E-state index is 13.5. The molecule has 0 aliphatic carbocycles. The lowest BCUT2D eigenvalue weighted by Gasteiger charge is -2.45. The number of furan rings is 1. The lowest BCUT2D eigenvalue weighted by Crippen LogP contribution is -2.50. The number of benzene rings is 2. The van der Waals surface area contributed by atoms with Crippen LogP contribution in [0.5, 0.6) is 5.75 Å². The smallest absolute Gasteiger partial charge is 0.291 e. The van der Waals surface area contributed by atoms with Crippen LogP contribution in [0, 0.1) is 6.92 Å². The normalized spacial score (nSPS) is 15.0. The van der Waals surface area contributed by atoms with Gasteiger partial charge in [-0.05, 0) is 73.9 Å². The SMILES string of the molecule is COc1ccc(C2(N(C)C(=O)c3ccc(NC(=O)c4ccc(C)o4)cc3)CCOCC2)cc1. The van der Waals surface area contributed by atoms with E-state index >= 15 is 0 Å². The lowest BCUT2D eigenvalue weighted by molar-refractivity contribution is -0.0138. The van der Waals surface area contributed by atoms with E-state index < -0.39 is 5.54 Å². The first-order chi connectivity index (χ1) is 15.9. The number of rotatable bonds is 6. The third kappa shape index (κ3) is 4.64. The van der Waals surface area contributed by atoms with E-state index in [0.717, 1.165) is 11.3 Å². The van der Waals surface area contributed by atoms with Gasteiger partial charge < -0.3 is 24.1 Å². The zero-order valence-electron chi connectivity index (χ0n) is 19.1. The van der Waals surface area contributed by atoms with Gasteiger partial charge in [-0.15, -0.1) is 0 Å². The largest absolute Gasteiger partial charge is 0.497 e. The molecule has 1 aliphatic rings. The molecule has 7 heteroatoms. The van der Waals surface area contributed by atoms with Crippen LogP contribution >= 0.6 is 0 Å². The summed E-state index contributed by atoms with van der Waals surface area (Å²) in [4.78, 5) is 27.6. The van der Waals surface area contributed by atoms with Crippen LogP contribution in [0.25, 0.3) is 0 Å². The van der Waals surface area contributed by atoms with E-state index in [9.17, 15) is 9.59 Å². The van der Waals surface area contributed by atoms with Gasteiger partial charge in [0.25, 0.3) is 11.8 Å². The van der Waals surface area contributed by atoms with E-state index in [2.05, 4.69) is 5.32 Å². The summed E-state index contributed by atoms with van der Waals surface area (Å²) in [6.45, 7) is 2.95. The van der Waals surface area contributed by atoms with Crippen molar-refractivity contribution in [2.75, 3.05) is 32.7 Å². The minimum absolute atomic E-state index is 0.0905. The minimum Gasteiger partial charge on any atom is -0.497 e. The molecular weight excluding hydrogens is 420 g/mol. The molecule has 4 rings (SSSR count). The quantitative estimate of drug-likeness (QED) is 0.595. The Morgan fingerprint density at radius 2 is 1.64 bits per heavy atom. The molecule has 1 aliphatic heterocycles. The van der Waals surface area contributed by atoms with Gasteiger partial charge in [0, 0.05) is 31.5 Å². The number of anilines is 1. The molecule has 1 fully saturated rings. The Hall–Kier alpha value is -3.58. The summed E-state index contributed by atoms with van der Waals surface area (Å²) in [5.41, 5.74) is 1.72. The zero-order chi connectivity index (χ0) is 23.4. The van der Waals surface area contributed by atoms with Crippen molar-refractivity contribution in [3.05, 3.63) is 83.3 Å². The molecular formula is C26H28N2O5. The second-order valence-corrected chi connectivity index (χ2v) is 8.18. The van der Waals surface area contributed by atoms with Gasteiger partial charge in [0.05, 0.1) is 12.6 Å². The van der Waals surface area contributed by atoms with Gasteiger partial charge in [-0.1, -0.05) is 12.1 Å². The van der Waals surface area contributed by atoms with Crippen molar-refractivity contribution in [3.8, 4) is 5.75 Å². The number of nitrogens with zero attached hydrogens (tertiary/aromatic N) is 1. The maximum Gasteiger partial charge on any atom is 0.291 e. The third-order valence-electron chi connectivity index (χ3n) is 6.25. The highest BCUT2D eigenvalue weighted by molar-refractivity contribution is 6.02. The summed E-state index contributed by atoms with van der Waals surface area (Å²) in [7, 11) is 3.48. The van der Waals surface area contributed by atoms with E-state index in [0.29, 0.717) is 43.1 Å². The van der Waals surface area contributed by atoms with Gasteiger partial charge in [0.2, 0.25) is 0 Å². The summed E-state index contributed by atoms with van der Waals surface area (Å²) >= 11 is 0. The molecule has 0 radical (unpaired) electrons. The summed E-state index contributed by atoms with van der Waals surface area (Å²) < 4.78 is 16.3. The monoisotopic (exact) mass is 448 g/mol. The molecule has 1 N–H and O–H groups in total. The number of amides is 2. The van der Waals surface area contributed by atoms with Gasteiger partial charge in [-0.2, -0.15) is 0 Å². The zero-order valence-corrected chi connectivity index (χ0v) is 19.1. The fraction of sp³-hybridized carbons (Fsp3) is 0.308. The van der Waals surface area contributed by atoms with Crippen LogP contribution in [-0.2, 0) is 10.3 Å². The number of carbonyl (C=O) groups excluding carboxylic acids is 2. The first-order valence-electron chi connectivity index (χ1n) is 10.9. The van der Waals surface area contributed by atoms with Crippen molar-refractivity contribution in [2.45, 2.75) is 25.3 Å². The van der Waals surface area contributed by atoms with Crippen LogP contribution in [0.15, 0.2) is 65.1 Å². The fourth-order valence-corrected chi connectivity index (χ4v) is 4.26. The molecule has 0 atom stereocenters. The Bertz CT molecular complexity index is 1110. The van der Waals surface area contributed by atoms with Crippen molar-refractivity contribution < 1.29 is 23.5 Å². The average molecular weight is 449 g/mol. The van der Waals surface area contributed by atoms with Crippen molar-refractivity contribution in [3.63, 3.8) is 0 Å². The van der Waals surface area contributed by atoms with Crippen LogP contribution < -0.4 is 10.1 Å². The summed E-state index contributed by atoms with van der Waals surface area (Å²) in [5.74, 6) is 1.26. The molecule has 2 amide bonds. The van der Waals surface area contributed by atoms with E-state index in [4.69, 9.17) is 13.9 Å². The third-order valence-corrected chi connectivity index (χ3v) is 6.25. The second kappa shape index (κ2) is 9.50. The maximum atomic E-state index is 13.5. The Balaban J connectivity index is 1.53. The van der Waals surface area contributed by atoms with E-state index in [1.54, 1.807) is 50.4 Å². The number of hydrogen-bond acceptors (Lipinski definition) is 5. The van der Waals surface area contributed by atoms with Gasteiger partial charge in [0.1, 0.15) is 11.5 Å². The molecule has 2 heterocycles. The fourth-order valence-electron chi connectivity index (χ4n) is 4.26. The minimum atomic E-state index is -0.467. The molecule has 2 aromatic carbocycles. The van der Waals surface area contributed by atoms with Crippen molar-refractivity contribution in [1.82, 2.24) is 4.90 Å². The molecule has 0 spiro atoms. The van der Waals surface area contributed by atoms with E-state index in [-0.39, 0.29) is 17.6 Å². The summed E-state index contributed by atoms with van der Waals surface area (Å²) in [6.07, 6.45) is 1.41. The molecule has 1 saturated heterocycles. The molecule has 3 aromatic rings. The number of ether oxygens (including phenoxy) is 2. The summed E-state index contributed by atoms with van der Waals surface area (Å²) in [5, 5.41) is 2.79. The predicted molar refractivity (Wildman–Crippen MR) is 125 cm³/mol. The first kappa shape index (κ1) is 22.6. The van der Waals surface area contributed by atoms with E-state index in [1.807, 2.05) is 36.2 Å². The number of hydrogen-bond donors (Lipinski definition) is 1. The van der Waals surface area contributed by atoms with Crippen LogP contribution in [0.1, 0.15) is 45.1 Å². The standard InChI is InChI=1S/C26H28N2O5/c1-18-4-13-23(33-18)24(29)27-21-9-5-19(6-10-21)25(30)28(2)26(14-16-32-17-15-26)20-7-11-22(31-3)12-8-20/h4-13H,14-17H2,1-3H3,(H,27,29). The summed E-state index contributed by atoms with van der Waals surface area (Å²) in [6, 6.07) is 18.1. The number of nitrogens with one attached hydrogen (secondary N) is 1. The molecule has 0 saturated carbocycles. The average Bonchev–Trinajstić information content (AvgIpc) is 3.30. The highest BCUT2D eigenvalue weighted by atomic mass is 16.5. The van der Waals surface area contributed by atoms with Crippen LogP contribution in [0.2, 0.25) is 0 Å². The van der Waals surface area contributed by atoms with Crippen molar-refractivity contribution >= 4 is 17.5 Å². The molecule has 0 bridgehead atoms. The highest BCUT2D eigenvalue weighted by Crippen LogP contribution is 2.39. The van der Waals surface area contributed by atoms with Gasteiger partial charge in [-0.3, -0.25) is 9.59 Å². The van der Waals surface area contributed by atoms with Gasteiger partial charge in [0.15, 0.2) is 5.76 Å². The number of carbonyl (C=O) groups is 2. The van der Waals surface area contributed by atoms with Crippen LogP contribution in [-0.4, -0.2) is 44.1 Å². The Morgan fingerprint density at radius 1 is 0.970 bits per heavy atom. The molecule has 172 valence electrons. The molecule has 1 aromatic heterocycles. The Kier molecular flexibility index (Phi) is 6.51. The van der Waals surface area contributed by atoms with Crippen molar-refractivity contribution in [2.24, 2.45) is 0 Å². The number of methoxy groups -OCH3 is 1. The predicted octanol–water partition coefficient (Wildman–Crippen LogP) is 4.63. The van der Waals surface area contributed by atoms with Crippen LogP contribution in [0.3, 0.4) is 0 Å². The Labute approximate surface area is 193 Å². The van der Waals surface area contributed by atoms with Gasteiger partial charge in [-0.25, -0.2) is 0 Å². The van der Waals surface area contributed by atoms with Crippen LogP contribution in [0.4, 0.5) is 5.69 Å². The first-order valence-corrected chi connectivity index (χ1v) is 10.9. The molecule has 33 heavy (non-hydrogen) atoms. The topological polar surface area (TPSA) is 81.0 Å².